The van der Waals surface area contributed by atoms with E-state index in [1.807, 2.05) is 0 Å². The Hall–Kier alpha value is -1.09. The summed E-state index contributed by atoms with van der Waals surface area (Å²) < 4.78 is 1.30. The lowest BCUT2D eigenvalue weighted by molar-refractivity contribution is 0.471. The normalized spacial score (nSPS) is 18.2. The Morgan fingerprint density at radius 3 is 2.63 bits per heavy atom. The van der Waals surface area contributed by atoms with Crippen LogP contribution in [0.25, 0.3) is 10.2 Å². The van der Waals surface area contributed by atoms with Gasteiger partial charge < -0.3 is 5.32 Å². The zero-order chi connectivity index (χ0) is 13.1. The molecule has 0 unspecified atom stereocenters. The van der Waals surface area contributed by atoms with E-state index in [9.17, 15) is 0 Å². The van der Waals surface area contributed by atoms with Gasteiger partial charge in [-0.05, 0) is 37.5 Å². The molecule has 1 saturated carbocycles. The molecule has 102 valence electrons. The molecule has 1 aliphatic carbocycles. The summed E-state index contributed by atoms with van der Waals surface area (Å²) in [5.41, 5.74) is 2.44. The lowest BCUT2D eigenvalue weighted by Crippen LogP contribution is -2.20. The minimum Gasteiger partial charge on any atom is -0.359 e. The van der Waals surface area contributed by atoms with E-state index in [1.165, 1.54) is 55.2 Å². The molecule has 1 heterocycles. The molecule has 1 aliphatic rings. The van der Waals surface area contributed by atoms with Gasteiger partial charge in [-0.25, -0.2) is 4.98 Å². The van der Waals surface area contributed by atoms with Crippen LogP contribution in [0.15, 0.2) is 18.2 Å². The highest BCUT2D eigenvalue weighted by atomic mass is 32.1. The van der Waals surface area contributed by atoms with Crippen molar-refractivity contribution in [1.82, 2.24) is 4.98 Å². The van der Waals surface area contributed by atoms with Crippen LogP contribution in [0.5, 0.6) is 0 Å². The minimum atomic E-state index is 0.627. The van der Waals surface area contributed by atoms with Gasteiger partial charge in [0, 0.05) is 6.04 Å². The van der Waals surface area contributed by atoms with E-state index in [1.54, 1.807) is 11.3 Å². The van der Waals surface area contributed by atoms with Gasteiger partial charge in [0.15, 0.2) is 5.13 Å². The summed E-state index contributed by atoms with van der Waals surface area (Å²) >= 11 is 1.79. The summed E-state index contributed by atoms with van der Waals surface area (Å²) in [7, 11) is 0. The molecule has 1 fully saturated rings. The van der Waals surface area contributed by atoms with Gasteiger partial charge in [-0.15, -0.1) is 0 Å². The first kappa shape index (κ1) is 12.9. The van der Waals surface area contributed by atoms with Gasteiger partial charge in [0.05, 0.1) is 10.2 Å². The molecular formula is C16H22N2S. The van der Waals surface area contributed by atoms with Gasteiger partial charge in [-0.3, -0.25) is 0 Å². The van der Waals surface area contributed by atoms with Crippen LogP contribution in [0.4, 0.5) is 5.13 Å². The van der Waals surface area contributed by atoms with Gasteiger partial charge in [-0.2, -0.15) is 0 Å². The minimum absolute atomic E-state index is 0.627. The Labute approximate surface area is 119 Å². The maximum absolute atomic E-state index is 4.71. The number of nitrogens with one attached hydrogen (secondary N) is 1. The second-order valence-electron chi connectivity index (χ2n) is 5.68. The molecule has 0 saturated heterocycles. The fraction of sp³-hybridized carbons (Fsp3) is 0.562. The first-order valence-corrected chi connectivity index (χ1v) is 8.27. The first-order valence-electron chi connectivity index (χ1n) is 7.45. The quantitative estimate of drug-likeness (QED) is 0.821. The maximum atomic E-state index is 4.71. The monoisotopic (exact) mass is 274 g/mol. The third kappa shape index (κ3) is 3.27. The Bertz CT molecular complexity index is 539. The third-order valence-electron chi connectivity index (χ3n) is 3.98. The SMILES string of the molecule is Cc1ccc2nc(NC3CCCCCCC3)sc2c1. The van der Waals surface area contributed by atoms with Crippen LogP contribution in [-0.2, 0) is 0 Å². The zero-order valence-electron chi connectivity index (χ0n) is 11.6. The van der Waals surface area contributed by atoms with Crippen LogP contribution in [0.1, 0.15) is 50.5 Å². The maximum Gasteiger partial charge on any atom is 0.184 e. The summed E-state index contributed by atoms with van der Waals surface area (Å²) in [6.07, 6.45) is 9.55. The van der Waals surface area contributed by atoms with E-state index in [-0.39, 0.29) is 0 Å². The number of thiazole rings is 1. The van der Waals surface area contributed by atoms with Crippen molar-refractivity contribution in [1.29, 1.82) is 0 Å². The molecule has 0 spiro atoms. The van der Waals surface area contributed by atoms with Crippen LogP contribution < -0.4 is 5.32 Å². The largest absolute Gasteiger partial charge is 0.359 e. The van der Waals surface area contributed by atoms with Crippen molar-refractivity contribution >= 4 is 26.7 Å². The molecule has 19 heavy (non-hydrogen) atoms. The smallest absolute Gasteiger partial charge is 0.184 e. The average molecular weight is 274 g/mol. The van der Waals surface area contributed by atoms with Crippen molar-refractivity contribution in [3.8, 4) is 0 Å². The van der Waals surface area contributed by atoms with Gasteiger partial charge in [0.2, 0.25) is 0 Å². The van der Waals surface area contributed by atoms with Crippen LogP contribution in [0.2, 0.25) is 0 Å². The number of aromatic nitrogens is 1. The zero-order valence-corrected chi connectivity index (χ0v) is 12.4. The second-order valence-corrected chi connectivity index (χ2v) is 6.71. The molecule has 0 amide bonds. The Morgan fingerprint density at radius 2 is 1.84 bits per heavy atom. The molecule has 0 bridgehead atoms. The second kappa shape index (κ2) is 5.91. The van der Waals surface area contributed by atoms with E-state index >= 15 is 0 Å². The number of aryl methyl sites for hydroxylation is 1. The molecular weight excluding hydrogens is 252 g/mol. The van der Waals surface area contributed by atoms with Crippen molar-refractivity contribution in [3.63, 3.8) is 0 Å². The predicted octanol–water partition coefficient (Wildman–Crippen LogP) is 5.13. The summed E-state index contributed by atoms with van der Waals surface area (Å²) in [5.74, 6) is 0. The summed E-state index contributed by atoms with van der Waals surface area (Å²) in [4.78, 5) is 4.71. The Balaban J connectivity index is 1.72. The number of hydrogen-bond acceptors (Lipinski definition) is 3. The van der Waals surface area contributed by atoms with Gasteiger partial charge >= 0.3 is 0 Å². The third-order valence-corrected chi connectivity index (χ3v) is 4.93. The molecule has 1 aromatic carbocycles. The summed E-state index contributed by atoms with van der Waals surface area (Å²) in [6, 6.07) is 7.13. The van der Waals surface area contributed by atoms with Gasteiger partial charge in [0.1, 0.15) is 0 Å². The molecule has 3 rings (SSSR count). The lowest BCUT2D eigenvalue weighted by Gasteiger charge is -2.20. The predicted molar refractivity (Wildman–Crippen MR) is 84.1 cm³/mol. The van der Waals surface area contributed by atoms with E-state index < -0.39 is 0 Å². The van der Waals surface area contributed by atoms with Crippen LogP contribution in [0, 0.1) is 6.92 Å². The first-order chi connectivity index (χ1) is 9.31. The summed E-state index contributed by atoms with van der Waals surface area (Å²) in [6.45, 7) is 2.14. The number of rotatable bonds is 2. The van der Waals surface area contributed by atoms with Crippen LogP contribution in [-0.4, -0.2) is 11.0 Å². The molecule has 1 N–H and O–H groups in total. The Kier molecular flexibility index (Phi) is 4.02. The van der Waals surface area contributed by atoms with E-state index in [0.717, 1.165) is 10.6 Å². The standard InChI is InChI=1S/C16H22N2S/c1-12-9-10-14-15(11-12)19-16(18-14)17-13-7-5-3-2-4-6-8-13/h9-11,13H,2-8H2,1H3,(H,17,18). The topological polar surface area (TPSA) is 24.9 Å². The molecule has 2 nitrogen and oxygen atoms in total. The average Bonchev–Trinajstić information content (AvgIpc) is 2.74. The number of hydrogen-bond donors (Lipinski definition) is 1. The van der Waals surface area contributed by atoms with Crippen molar-refractivity contribution in [2.45, 2.75) is 57.9 Å². The van der Waals surface area contributed by atoms with Crippen molar-refractivity contribution in [2.24, 2.45) is 0 Å². The van der Waals surface area contributed by atoms with Gasteiger partial charge in [0.25, 0.3) is 0 Å². The summed E-state index contributed by atoms with van der Waals surface area (Å²) in [5, 5.41) is 4.77. The number of nitrogens with zero attached hydrogens (tertiary/aromatic N) is 1. The van der Waals surface area contributed by atoms with E-state index in [0.29, 0.717) is 6.04 Å². The number of benzene rings is 1. The fourth-order valence-corrected chi connectivity index (χ4v) is 3.91. The molecule has 3 heteroatoms. The van der Waals surface area contributed by atoms with Gasteiger partial charge in [-0.1, -0.05) is 49.5 Å². The van der Waals surface area contributed by atoms with E-state index in [4.69, 9.17) is 4.98 Å². The van der Waals surface area contributed by atoms with Crippen LogP contribution >= 0.6 is 11.3 Å². The number of anilines is 1. The molecule has 2 aromatic rings. The van der Waals surface area contributed by atoms with Crippen molar-refractivity contribution in [2.75, 3.05) is 5.32 Å². The van der Waals surface area contributed by atoms with Crippen molar-refractivity contribution < 1.29 is 0 Å². The fourth-order valence-electron chi connectivity index (χ4n) is 2.87. The molecule has 1 aromatic heterocycles. The highest BCUT2D eigenvalue weighted by Gasteiger charge is 2.13. The highest BCUT2D eigenvalue weighted by Crippen LogP contribution is 2.29. The highest BCUT2D eigenvalue weighted by molar-refractivity contribution is 7.22. The molecule has 0 radical (unpaired) electrons. The van der Waals surface area contributed by atoms with Crippen molar-refractivity contribution in [3.05, 3.63) is 23.8 Å². The molecule has 0 atom stereocenters. The number of fused-ring (bicyclic) bond motifs is 1. The lowest BCUT2D eigenvalue weighted by atomic mass is 9.97. The Morgan fingerprint density at radius 1 is 1.11 bits per heavy atom. The molecule has 0 aliphatic heterocycles. The van der Waals surface area contributed by atoms with E-state index in [2.05, 4.69) is 30.4 Å². The van der Waals surface area contributed by atoms with Crippen LogP contribution in [0.3, 0.4) is 0 Å².